The summed E-state index contributed by atoms with van der Waals surface area (Å²) in [7, 11) is 0. The summed E-state index contributed by atoms with van der Waals surface area (Å²) in [5.74, 6) is -0.717. The molecule has 4 rings (SSSR count). The minimum Gasteiger partial charge on any atom is -0.330 e. The lowest BCUT2D eigenvalue weighted by molar-refractivity contribution is -0.115. The van der Waals surface area contributed by atoms with E-state index in [1.165, 1.54) is 24.3 Å². The third kappa shape index (κ3) is 4.40. The van der Waals surface area contributed by atoms with Crippen molar-refractivity contribution >= 4 is 45.0 Å². The van der Waals surface area contributed by atoms with Crippen LogP contribution in [0.15, 0.2) is 65.1 Å². The molecule has 3 aromatic carbocycles. The van der Waals surface area contributed by atoms with E-state index in [1.807, 2.05) is 30.3 Å². The van der Waals surface area contributed by atoms with Gasteiger partial charge < -0.3 is 10.2 Å². The fraction of sp³-hybridized carbons (Fsp3) is 0.130. The fourth-order valence-corrected chi connectivity index (χ4v) is 4.30. The number of nitrogens with one attached hydrogen (secondary N) is 1. The first kappa shape index (κ1) is 20.6. The Bertz CT molecular complexity index is 1130. The van der Waals surface area contributed by atoms with Crippen LogP contribution < -0.4 is 5.32 Å². The van der Waals surface area contributed by atoms with Crippen LogP contribution in [0.3, 0.4) is 0 Å². The molecule has 0 unspecified atom stereocenters. The Kier molecular flexibility index (Phi) is 5.88. The molecule has 1 heterocycles. The zero-order valence-corrected chi connectivity index (χ0v) is 18.1. The zero-order valence-electron chi connectivity index (χ0n) is 15.8. The molecule has 0 bridgehead atoms. The van der Waals surface area contributed by atoms with Gasteiger partial charge in [0, 0.05) is 33.8 Å². The molecular formula is C23H17BrClFN2O2. The molecule has 0 fully saturated rings. The maximum atomic E-state index is 13.1. The van der Waals surface area contributed by atoms with Crippen molar-refractivity contribution in [2.75, 3.05) is 5.32 Å². The number of fused-ring (bicyclic) bond motifs is 1. The van der Waals surface area contributed by atoms with Crippen LogP contribution in [0.2, 0.25) is 5.02 Å². The van der Waals surface area contributed by atoms with Crippen molar-refractivity contribution < 1.29 is 14.0 Å². The normalized spacial score (nSPS) is 12.6. The molecule has 152 valence electrons. The highest BCUT2D eigenvalue weighted by molar-refractivity contribution is 9.10. The number of amides is 2. The summed E-state index contributed by atoms with van der Waals surface area (Å²) in [6, 6.07) is 16.5. The van der Waals surface area contributed by atoms with Crippen LogP contribution in [0.5, 0.6) is 0 Å². The maximum absolute atomic E-state index is 13.1. The third-order valence-corrected chi connectivity index (χ3v) is 6.05. The summed E-state index contributed by atoms with van der Waals surface area (Å²) < 4.78 is 14.0. The molecule has 0 aromatic heterocycles. The number of halogens is 3. The number of hydrogen-bond acceptors (Lipinski definition) is 2. The largest absolute Gasteiger partial charge is 0.330 e. The highest BCUT2D eigenvalue weighted by atomic mass is 79.9. The van der Waals surface area contributed by atoms with Gasteiger partial charge in [0.15, 0.2) is 0 Å². The Morgan fingerprint density at radius 3 is 2.53 bits per heavy atom. The van der Waals surface area contributed by atoms with Gasteiger partial charge in [0.2, 0.25) is 5.91 Å². The summed E-state index contributed by atoms with van der Waals surface area (Å²) in [4.78, 5) is 26.9. The van der Waals surface area contributed by atoms with E-state index in [1.54, 1.807) is 11.0 Å². The van der Waals surface area contributed by atoms with Gasteiger partial charge >= 0.3 is 0 Å². The van der Waals surface area contributed by atoms with Crippen molar-refractivity contribution in [1.82, 2.24) is 4.90 Å². The molecule has 0 atom stereocenters. The van der Waals surface area contributed by atoms with Crippen molar-refractivity contribution in [3.63, 3.8) is 0 Å². The van der Waals surface area contributed by atoms with E-state index in [0.29, 0.717) is 29.4 Å². The zero-order chi connectivity index (χ0) is 21.3. The highest BCUT2D eigenvalue weighted by Crippen LogP contribution is 2.33. The molecule has 0 spiro atoms. The molecule has 0 saturated carbocycles. The van der Waals surface area contributed by atoms with Crippen molar-refractivity contribution in [2.45, 2.75) is 19.5 Å². The minimum absolute atomic E-state index is 0.164. The second-order valence-electron chi connectivity index (χ2n) is 7.08. The Morgan fingerprint density at radius 2 is 1.80 bits per heavy atom. The van der Waals surface area contributed by atoms with Gasteiger partial charge in [-0.1, -0.05) is 45.7 Å². The highest BCUT2D eigenvalue weighted by Gasteiger charge is 2.26. The molecule has 0 aliphatic carbocycles. The van der Waals surface area contributed by atoms with Crippen LogP contribution in [-0.4, -0.2) is 16.7 Å². The van der Waals surface area contributed by atoms with E-state index in [-0.39, 0.29) is 24.1 Å². The molecule has 1 aliphatic heterocycles. The molecule has 4 nitrogen and oxygen atoms in total. The number of anilines is 1. The SMILES string of the molecule is O=C(Cc1ccccc1Cl)Nc1cc(Br)c2c(c1)CN(C(=O)c1ccc(F)cc1)C2. The molecule has 30 heavy (non-hydrogen) atoms. The van der Waals surface area contributed by atoms with Gasteiger partial charge in [-0.05, 0) is 59.2 Å². The fourth-order valence-electron chi connectivity index (χ4n) is 3.47. The van der Waals surface area contributed by atoms with E-state index >= 15 is 0 Å². The van der Waals surface area contributed by atoms with E-state index in [4.69, 9.17) is 11.6 Å². The Labute approximate surface area is 186 Å². The lowest BCUT2D eigenvalue weighted by atomic mass is 10.1. The quantitative estimate of drug-likeness (QED) is 0.522. The summed E-state index contributed by atoms with van der Waals surface area (Å²) in [6.07, 6.45) is 0.170. The summed E-state index contributed by atoms with van der Waals surface area (Å²) >= 11 is 9.68. The van der Waals surface area contributed by atoms with Gasteiger partial charge in [0.05, 0.1) is 6.42 Å². The number of benzene rings is 3. The topological polar surface area (TPSA) is 49.4 Å². The number of nitrogens with zero attached hydrogens (tertiary/aromatic N) is 1. The Balaban J connectivity index is 1.47. The first-order chi connectivity index (χ1) is 14.4. The summed E-state index contributed by atoms with van der Waals surface area (Å²) in [5.41, 5.74) is 3.79. The van der Waals surface area contributed by atoms with Gasteiger partial charge in [0.25, 0.3) is 5.91 Å². The van der Waals surface area contributed by atoms with Crippen LogP contribution in [0, 0.1) is 5.82 Å². The molecule has 1 aliphatic rings. The van der Waals surface area contributed by atoms with Gasteiger partial charge in [-0.15, -0.1) is 0 Å². The maximum Gasteiger partial charge on any atom is 0.254 e. The van der Waals surface area contributed by atoms with Gasteiger partial charge in [-0.2, -0.15) is 0 Å². The first-order valence-electron chi connectivity index (χ1n) is 9.30. The predicted molar refractivity (Wildman–Crippen MR) is 118 cm³/mol. The molecule has 2 amide bonds. The van der Waals surface area contributed by atoms with E-state index in [9.17, 15) is 14.0 Å². The lowest BCUT2D eigenvalue weighted by Crippen LogP contribution is -2.25. The minimum atomic E-state index is -0.379. The Morgan fingerprint density at radius 1 is 1.07 bits per heavy atom. The molecule has 0 saturated heterocycles. The molecule has 3 aromatic rings. The van der Waals surface area contributed by atoms with Crippen LogP contribution >= 0.6 is 27.5 Å². The monoisotopic (exact) mass is 486 g/mol. The van der Waals surface area contributed by atoms with Crippen LogP contribution in [0.25, 0.3) is 0 Å². The molecule has 1 N–H and O–H groups in total. The van der Waals surface area contributed by atoms with Crippen LogP contribution in [0.4, 0.5) is 10.1 Å². The van der Waals surface area contributed by atoms with Gasteiger partial charge in [0.1, 0.15) is 5.82 Å². The van der Waals surface area contributed by atoms with Crippen molar-refractivity contribution in [3.8, 4) is 0 Å². The van der Waals surface area contributed by atoms with Crippen molar-refractivity contribution in [1.29, 1.82) is 0 Å². The van der Waals surface area contributed by atoms with E-state index in [2.05, 4.69) is 21.2 Å². The van der Waals surface area contributed by atoms with Gasteiger partial charge in [-0.25, -0.2) is 4.39 Å². The van der Waals surface area contributed by atoms with Crippen LogP contribution in [0.1, 0.15) is 27.0 Å². The second-order valence-corrected chi connectivity index (χ2v) is 8.34. The second kappa shape index (κ2) is 8.58. The average molecular weight is 488 g/mol. The number of hydrogen-bond donors (Lipinski definition) is 1. The standard InChI is InChI=1S/C23H17BrClFN2O2/c24-20-11-18(27-22(29)10-15-3-1-2-4-21(15)25)9-16-12-28(13-19(16)20)23(30)14-5-7-17(26)8-6-14/h1-9,11H,10,12-13H2,(H,27,29). The smallest absolute Gasteiger partial charge is 0.254 e. The molecular weight excluding hydrogens is 471 g/mol. The van der Waals surface area contributed by atoms with E-state index in [0.717, 1.165) is 21.2 Å². The van der Waals surface area contributed by atoms with Crippen molar-refractivity contribution in [2.24, 2.45) is 0 Å². The predicted octanol–water partition coefficient (Wildman–Crippen LogP) is 5.58. The van der Waals surface area contributed by atoms with Gasteiger partial charge in [-0.3, -0.25) is 9.59 Å². The molecule has 7 heteroatoms. The summed E-state index contributed by atoms with van der Waals surface area (Å²) in [5, 5.41) is 3.45. The van der Waals surface area contributed by atoms with Crippen molar-refractivity contribution in [3.05, 3.63) is 98.2 Å². The number of rotatable bonds is 4. The first-order valence-corrected chi connectivity index (χ1v) is 10.5. The number of carbonyl (C=O) groups excluding carboxylic acids is 2. The molecule has 0 radical (unpaired) electrons. The summed E-state index contributed by atoms with van der Waals surface area (Å²) in [6.45, 7) is 0.859. The lowest BCUT2D eigenvalue weighted by Gasteiger charge is -2.15. The van der Waals surface area contributed by atoms with Crippen LogP contribution in [-0.2, 0) is 24.3 Å². The third-order valence-electron chi connectivity index (χ3n) is 4.97. The average Bonchev–Trinajstić information content (AvgIpc) is 3.14. The van der Waals surface area contributed by atoms with E-state index < -0.39 is 0 Å². The number of carbonyl (C=O) groups is 2. The Hall–Kier alpha value is -2.70.